The van der Waals surface area contributed by atoms with Gasteiger partial charge in [0.2, 0.25) is 0 Å². The summed E-state index contributed by atoms with van der Waals surface area (Å²) < 4.78 is 5.80. The van der Waals surface area contributed by atoms with Crippen molar-refractivity contribution >= 4 is 23.0 Å². The fourth-order valence-corrected chi connectivity index (χ4v) is 2.19. The molecule has 1 aliphatic heterocycles. The molecular formula is C15H16N4O4. The van der Waals surface area contributed by atoms with Crippen molar-refractivity contribution in [2.75, 3.05) is 16.7 Å². The normalized spacial score (nSPS) is 13.6. The quantitative estimate of drug-likeness (QED) is 0.527. The molecule has 23 heavy (non-hydrogen) atoms. The largest absolute Gasteiger partial charge is 0.480 e. The summed E-state index contributed by atoms with van der Waals surface area (Å²) in [5, 5.41) is 8.82. The zero-order valence-electron chi connectivity index (χ0n) is 12.1. The summed E-state index contributed by atoms with van der Waals surface area (Å²) in [4.78, 5) is 15.7. The van der Waals surface area contributed by atoms with E-state index in [1.807, 2.05) is 0 Å². The first-order valence-corrected chi connectivity index (χ1v) is 6.90. The van der Waals surface area contributed by atoms with Crippen molar-refractivity contribution in [2.24, 2.45) is 5.73 Å². The summed E-state index contributed by atoms with van der Waals surface area (Å²) in [6, 6.07) is 9.56. The lowest BCUT2D eigenvalue weighted by Gasteiger charge is -2.11. The molecule has 120 valence electrons. The first kappa shape index (κ1) is 14.9. The number of carbonyl (C=O) groups is 1. The topological polar surface area (TPSA) is 132 Å². The maximum Gasteiger partial charge on any atom is 0.320 e. The van der Waals surface area contributed by atoms with E-state index in [0.29, 0.717) is 28.6 Å². The number of nitrogens with two attached hydrogens (primary N) is 2. The zero-order valence-corrected chi connectivity index (χ0v) is 12.1. The second-order valence-electron chi connectivity index (χ2n) is 5.10. The summed E-state index contributed by atoms with van der Waals surface area (Å²) >= 11 is 0. The van der Waals surface area contributed by atoms with E-state index in [4.69, 9.17) is 26.2 Å². The summed E-state index contributed by atoms with van der Waals surface area (Å²) in [7, 11) is 0. The second-order valence-corrected chi connectivity index (χ2v) is 5.10. The van der Waals surface area contributed by atoms with Crippen LogP contribution >= 0.6 is 0 Å². The van der Waals surface area contributed by atoms with Gasteiger partial charge in [0.1, 0.15) is 23.2 Å². The van der Waals surface area contributed by atoms with Crippen LogP contribution in [0.15, 0.2) is 36.4 Å². The number of fused-ring (bicyclic) bond motifs is 1. The molecule has 8 heteroatoms. The van der Waals surface area contributed by atoms with Gasteiger partial charge in [-0.1, -0.05) is 12.1 Å². The standard InChI is InChI=1S/C15H16N4O4/c16-10-5-6-12(14-13(10)18-23-19-14)22-9-3-1-8(2-4-9)7-11(17)15(20)21/h1-6,11,18-19H,7,16-17H2,(H,20,21). The van der Waals surface area contributed by atoms with Gasteiger partial charge in [-0.25, -0.2) is 11.0 Å². The Hall–Kier alpha value is -2.97. The minimum absolute atomic E-state index is 0.256. The van der Waals surface area contributed by atoms with Crippen LogP contribution in [0, 0.1) is 0 Å². The maximum absolute atomic E-state index is 10.8. The Balaban J connectivity index is 1.74. The lowest BCUT2D eigenvalue weighted by atomic mass is 10.1. The van der Waals surface area contributed by atoms with Crippen LogP contribution in [0.2, 0.25) is 0 Å². The van der Waals surface area contributed by atoms with Crippen molar-refractivity contribution in [2.45, 2.75) is 12.5 Å². The fourth-order valence-electron chi connectivity index (χ4n) is 2.19. The third-order valence-electron chi connectivity index (χ3n) is 3.43. The predicted molar refractivity (Wildman–Crippen MR) is 85.0 cm³/mol. The van der Waals surface area contributed by atoms with Gasteiger partial charge in [0, 0.05) is 0 Å². The van der Waals surface area contributed by atoms with E-state index < -0.39 is 12.0 Å². The lowest BCUT2D eigenvalue weighted by molar-refractivity contribution is -0.138. The molecule has 1 aliphatic rings. The Morgan fingerprint density at radius 3 is 2.57 bits per heavy atom. The van der Waals surface area contributed by atoms with Gasteiger partial charge in [-0.2, -0.15) is 4.94 Å². The molecule has 7 N–H and O–H groups in total. The van der Waals surface area contributed by atoms with Crippen LogP contribution < -0.4 is 27.2 Å². The van der Waals surface area contributed by atoms with Crippen LogP contribution in [-0.2, 0) is 16.2 Å². The minimum Gasteiger partial charge on any atom is -0.480 e. The Morgan fingerprint density at radius 1 is 1.17 bits per heavy atom. The summed E-state index contributed by atoms with van der Waals surface area (Å²) in [6.07, 6.45) is 0.256. The maximum atomic E-state index is 10.8. The van der Waals surface area contributed by atoms with Crippen molar-refractivity contribution in [3.05, 3.63) is 42.0 Å². The smallest absolute Gasteiger partial charge is 0.320 e. The number of nitrogen functional groups attached to an aromatic ring is 1. The van der Waals surface area contributed by atoms with Gasteiger partial charge in [-0.05, 0) is 36.2 Å². The van der Waals surface area contributed by atoms with Crippen molar-refractivity contribution in [1.29, 1.82) is 0 Å². The van der Waals surface area contributed by atoms with Crippen molar-refractivity contribution in [3.8, 4) is 11.5 Å². The number of rotatable bonds is 5. The Morgan fingerprint density at radius 2 is 1.87 bits per heavy atom. The van der Waals surface area contributed by atoms with Crippen molar-refractivity contribution in [1.82, 2.24) is 0 Å². The number of carboxylic acids is 1. The monoisotopic (exact) mass is 316 g/mol. The molecule has 8 nitrogen and oxygen atoms in total. The SMILES string of the molecule is Nc1ccc(Oc2ccc(CC(N)C(=O)O)cc2)c2c1NON2. The number of hydrogen-bond acceptors (Lipinski definition) is 7. The molecular weight excluding hydrogens is 300 g/mol. The highest BCUT2D eigenvalue weighted by molar-refractivity contribution is 5.86. The molecule has 0 bridgehead atoms. The minimum atomic E-state index is -1.03. The Kier molecular flexibility index (Phi) is 3.92. The van der Waals surface area contributed by atoms with E-state index in [-0.39, 0.29) is 6.42 Å². The molecule has 0 saturated carbocycles. The first-order chi connectivity index (χ1) is 11.0. The number of hydrogen-bond donors (Lipinski definition) is 5. The van der Waals surface area contributed by atoms with E-state index in [9.17, 15) is 4.79 Å². The number of aliphatic carboxylic acids is 1. The number of anilines is 3. The average molecular weight is 316 g/mol. The van der Waals surface area contributed by atoms with Crippen LogP contribution in [0.1, 0.15) is 5.56 Å². The lowest BCUT2D eigenvalue weighted by Crippen LogP contribution is -2.32. The summed E-state index contributed by atoms with van der Waals surface area (Å²) in [5.41, 5.74) is 19.3. The molecule has 0 fully saturated rings. The second kappa shape index (κ2) is 6.03. The molecule has 0 radical (unpaired) electrons. The van der Waals surface area contributed by atoms with Crippen LogP contribution in [0.5, 0.6) is 11.5 Å². The van der Waals surface area contributed by atoms with E-state index in [1.54, 1.807) is 36.4 Å². The third-order valence-corrected chi connectivity index (χ3v) is 3.43. The Bertz CT molecular complexity index is 733. The van der Waals surface area contributed by atoms with Crippen LogP contribution in [-0.4, -0.2) is 17.1 Å². The van der Waals surface area contributed by atoms with E-state index in [2.05, 4.69) is 11.0 Å². The van der Waals surface area contributed by atoms with Gasteiger partial charge in [0.15, 0.2) is 5.75 Å². The molecule has 1 atom stereocenters. The number of ether oxygens (including phenoxy) is 1. The van der Waals surface area contributed by atoms with Gasteiger partial charge >= 0.3 is 5.97 Å². The summed E-state index contributed by atoms with van der Waals surface area (Å²) in [5.74, 6) is 0.119. The first-order valence-electron chi connectivity index (χ1n) is 6.90. The number of nitrogens with one attached hydrogen (secondary N) is 2. The number of carboxylic acid groups (broad SMARTS) is 1. The number of benzene rings is 2. The molecule has 0 aliphatic carbocycles. The van der Waals surface area contributed by atoms with Gasteiger partial charge in [0.25, 0.3) is 0 Å². The predicted octanol–water partition coefficient (Wildman–Crippen LogP) is 1.70. The molecule has 1 unspecified atom stereocenters. The van der Waals surface area contributed by atoms with Gasteiger partial charge in [-0.15, -0.1) is 0 Å². The highest BCUT2D eigenvalue weighted by atomic mass is 16.8. The van der Waals surface area contributed by atoms with Crippen molar-refractivity contribution < 1.29 is 19.6 Å². The molecule has 0 amide bonds. The molecule has 0 spiro atoms. The van der Waals surface area contributed by atoms with Crippen LogP contribution in [0.25, 0.3) is 0 Å². The van der Waals surface area contributed by atoms with E-state index in [0.717, 1.165) is 5.56 Å². The molecule has 0 aromatic heterocycles. The molecule has 2 aromatic rings. The highest BCUT2D eigenvalue weighted by Gasteiger charge is 2.19. The van der Waals surface area contributed by atoms with Crippen LogP contribution in [0.3, 0.4) is 0 Å². The average Bonchev–Trinajstić information content (AvgIpc) is 3.02. The third kappa shape index (κ3) is 3.12. The zero-order chi connectivity index (χ0) is 16.4. The van der Waals surface area contributed by atoms with E-state index in [1.165, 1.54) is 0 Å². The highest BCUT2D eigenvalue weighted by Crippen LogP contribution is 2.42. The Labute approximate surface area is 131 Å². The van der Waals surface area contributed by atoms with Crippen LogP contribution in [0.4, 0.5) is 17.1 Å². The van der Waals surface area contributed by atoms with Gasteiger partial charge in [-0.3, -0.25) is 4.79 Å². The van der Waals surface area contributed by atoms with E-state index >= 15 is 0 Å². The summed E-state index contributed by atoms with van der Waals surface area (Å²) in [6.45, 7) is 0. The van der Waals surface area contributed by atoms with Gasteiger partial charge < -0.3 is 21.3 Å². The molecule has 1 heterocycles. The molecule has 2 aromatic carbocycles. The van der Waals surface area contributed by atoms with Crippen molar-refractivity contribution in [3.63, 3.8) is 0 Å². The molecule has 0 saturated heterocycles. The molecule has 3 rings (SSSR count). The van der Waals surface area contributed by atoms with Gasteiger partial charge in [0.05, 0.1) is 5.69 Å². The fraction of sp³-hybridized carbons (Fsp3) is 0.133.